The van der Waals surface area contributed by atoms with Gasteiger partial charge in [0.1, 0.15) is 18.1 Å². The molecule has 2 rings (SSSR count). The fraction of sp³-hybridized carbons (Fsp3) is 0.667. The van der Waals surface area contributed by atoms with Gasteiger partial charge in [-0.3, -0.25) is 9.13 Å². The molecule has 0 radical (unpaired) electrons. The first-order valence-electron chi connectivity index (χ1n) is 6.99. The van der Waals surface area contributed by atoms with Crippen LogP contribution in [-0.4, -0.2) is 47.7 Å². The second kappa shape index (κ2) is 7.70. The van der Waals surface area contributed by atoms with Gasteiger partial charge in [-0.2, -0.15) is 4.98 Å². The number of phosphoric acid groups is 1. The Morgan fingerprint density at radius 3 is 2.88 bits per heavy atom. The Morgan fingerprint density at radius 1 is 1.58 bits per heavy atom. The van der Waals surface area contributed by atoms with Gasteiger partial charge < -0.3 is 34.3 Å². The van der Waals surface area contributed by atoms with E-state index in [1.165, 1.54) is 13.3 Å². The Bertz CT molecular complexity index is 681. The zero-order valence-corrected chi connectivity index (χ0v) is 14.0. The number of hydrogen-bond acceptors (Lipinski definition) is 10. The van der Waals surface area contributed by atoms with Gasteiger partial charge in [0.05, 0.1) is 19.3 Å². The number of rotatable bonds is 7. The molecule has 0 bridgehead atoms. The number of methoxy groups -OCH3 is 1. The lowest BCUT2D eigenvalue weighted by atomic mass is 10.2. The predicted molar refractivity (Wildman–Crippen MR) is 78.7 cm³/mol. The normalized spacial score (nSPS) is 26.4. The molecule has 0 aromatic carbocycles. The van der Waals surface area contributed by atoms with Crippen LogP contribution in [0.4, 0.5) is 5.82 Å². The van der Waals surface area contributed by atoms with Crippen molar-refractivity contribution in [1.82, 2.24) is 9.55 Å². The van der Waals surface area contributed by atoms with Crippen LogP contribution in [0.5, 0.6) is 0 Å². The highest BCUT2D eigenvalue weighted by Gasteiger charge is 2.39. The van der Waals surface area contributed by atoms with Gasteiger partial charge in [-0.05, 0) is 0 Å². The van der Waals surface area contributed by atoms with Crippen LogP contribution < -0.4 is 16.3 Å². The molecule has 0 spiro atoms. The molecule has 24 heavy (non-hydrogen) atoms. The molecule has 0 amide bonds. The largest absolute Gasteiger partial charge is 0.756 e. The number of anilines is 1. The molecule has 3 N–H and O–H groups in total. The van der Waals surface area contributed by atoms with Gasteiger partial charge in [0.15, 0.2) is 0 Å². The van der Waals surface area contributed by atoms with E-state index in [2.05, 4.69) is 9.51 Å². The predicted octanol–water partition coefficient (Wildman–Crippen LogP) is -1.25. The van der Waals surface area contributed by atoms with Gasteiger partial charge in [0.2, 0.25) is 0 Å². The summed E-state index contributed by atoms with van der Waals surface area (Å²) in [5, 5.41) is 9.23. The summed E-state index contributed by atoms with van der Waals surface area (Å²) in [5.41, 5.74) is 5.09. The molecule has 1 aliphatic heterocycles. The van der Waals surface area contributed by atoms with E-state index >= 15 is 0 Å². The first-order chi connectivity index (χ1) is 11.3. The minimum absolute atomic E-state index is 0.0417. The zero-order valence-electron chi connectivity index (χ0n) is 13.2. The van der Waals surface area contributed by atoms with Crippen molar-refractivity contribution >= 4 is 13.6 Å². The second-order valence-corrected chi connectivity index (χ2v) is 6.56. The third-order valence-corrected chi connectivity index (χ3v) is 4.52. The number of aliphatic hydroxyl groups excluding tert-OH is 1. The lowest BCUT2D eigenvalue weighted by Crippen LogP contribution is -2.30. The minimum atomic E-state index is -4.49. The van der Waals surface area contributed by atoms with Gasteiger partial charge in [-0.25, -0.2) is 4.79 Å². The van der Waals surface area contributed by atoms with Crippen molar-refractivity contribution in [1.29, 1.82) is 0 Å². The number of nitrogens with two attached hydrogens (primary N) is 1. The molecule has 2 heterocycles. The minimum Gasteiger partial charge on any atom is -0.756 e. The topological polar surface area (TPSA) is 158 Å². The maximum Gasteiger partial charge on any atom is 0.351 e. The lowest BCUT2D eigenvalue weighted by Gasteiger charge is -2.26. The molecule has 1 fully saturated rings. The summed E-state index contributed by atoms with van der Waals surface area (Å²) in [7, 11) is -2.09. The lowest BCUT2D eigenvalue weighted by molar-refractivity contribution is -0.229. The molecular weight excluding hydrogens is 345 g/mol. The van der Waals surface area contributed by atoms with E-state index in [4.69, 9.17) is 19.7 Å². The van der Waals surface area contributed by atoms with Crippen molar-refractivity contribution < 1.29 is 33.1 Å². The summed E-state index contributed by atoms with van der Waals surface area (Å²) in [6.45, 7) is -0.360. The summed E-state index contributed by atoms with van der Waals surface area (Å²) < 4.78 is 32.5. The van der Waals surface area contributed by atoms with Crippen LogP contribution in [0.3, 0.4) is 0 Å². The fourth-order valence-electron chi connectivity index (χ4n) is 2.36. The Kier molecular flexibility index (Phi) is 6.10. The number of aliphatic hydroxyl groups is 1. The molecule has 136 valence electrons. The number of nitrogen functional groups attached to an aromatic ring is 1. The molecule has 2 unspecified atom stereocenters. The van der Waals surface area contributed by atoms with E-state index in [1.54, 1.807) is 0 Å². The maximum atomic E-state index is 12.0. The van der Waals surface area contributed by atoms with E-state index in [0.717, 1.165) is 11.7 Å². The SMILES string of the molecule is COC[C@H]1O[C@@H](n2cc(CO)c(N)nc2=O)CC1OP(=O)([O-])OC. The first-order valence-corrected chi connectivity index (χ1v) is 8.45. The molecule has 1 aliphatic rings. The van der Waals surface area contributed by atoms with Crippen LogP contribution in [0.2, 0.25) is 0 Å². The van der Waals surface area contributed by atoms with Crippen molar-refractivity contribution in [3.05, 3.63) is 22.2 Å². The van der Waals surface area contributed by atoms with Crippen molar-refractivity contribution in [2.24, 2.45) is 0 Å². The Labute approximate surface area is 137 Å². The van der Waals surface area contributed by atoms with Crippen LogP contribution in [0, 0.1) is 0 Å². The number of ether oxygens (including phenoxy) is 2. The summed E-state index contributed by atoms with van der Waals surface area (Å²) in [6, 6.07) is 0. The summed E-state index contributed by atoms with van der Waals surface area (Å²) in [6.07, 6.45) is -1.13. The standard InChI is InChI=1S/C12H20N3O8P/c1-20-6-9-8(23-24(18,19)21-2)3-10(22-9)15-4-7(5-16)11(13)14-12(15)17/h4,8-10,16H,3,5-6H2,1-2H3,(H,18,19)(H2,13,14,17)/p-1/t8?,9-,10-/m1/s1. The number of nitrogens with zero attached hydrogens (tertiary/aromatic N) is 2. The molecule has 1 saturated heterocycles. The van der Waals surface area contributed by atoms with Crippen molar-refractivity contribution in [2.75, 3.05) is 26.6 Å². The van der Waals surface area contributed by atoms with Gasteiger partial charge in [-0.1, -0.05) is 0 Å². The van der Waals surface area contributed by atoms with E-state index in [1.807, 2.05) is 0 Å². The zero-order chi connectivity index (χ0) is 17.9. The Balaban J connectivity index is 2.27. The van der Waals surface area contributed by atoms with E-state index in [-0.39, 0.29) is 24.4 Å². The van der Waals surface area contributed by atoms with Crippen LogP contribution in [0.25, 0.3) is 0 Å². The van der Waals surface area contributed by atoms with Gasteiger partial charge in [0, 0.05) is 32.4 Å². The van der Waals surface area contributed by atoms with Crippen LogP contribution >= 0.6 is 7.82 Å². The molecule has 12 heteroatoms. The Hall–Kier alpha value is -1.33. The Morgan fingerprint density at radius 2 is 2.29 bits per heavy atom. The quantitative estimate of drug-likeness (QED) is 0.560. The highest BCUT2D eigenvalue weighted by molar-refractivity contribution is 7.45. The van der Waals surface area contributed by atoms with Crippen LogP contribution in [0.1, 0.15) is 18.2 Å². The van der Waals surface area contributed by atoms with E-state index < -0.39 is 38.6 Å². The molecular formula is C12H19N3O8P-. The van der Waals surface area contributed by atoms with Crippen molar-refractivity contribution in [2.45, 2.75) is 31.5 Å². The maximum absolute atomic E-state index is 12.0. The smallest absolute Gasteiger partial charge is 0.351 e. The van der Waals surface area contributed by atoms with Gasteiger partial charge in [0.25, 0.3) is 7.82 Å². The van der Waals surface area contributed by atoms with Crippen molar-refractivity contribution in [3.8, 4) is 0 Å². The second-order valence-electron chi connectivity index (χ2n) is 5.09. The van der Waals surface area contributed by atoms with E-state index in [0.29, 0.717) is 0 Å². The molecule has 0 saturated carbocycles. The van der Waals surface area contributed by atoms with Gasteiger partial charge in [-0.15, -0.1) is 0 Å². The highest BCUT2D eigenvalue weighted by Crippen LogP contribution is 2.44. The highest BCUT2D eigenvalue weighted by atomic mass is 31.2. The average Bonchev–Trinajstić information content (AvgIpc) is 2.90. The summed E-state index contributed by atoms with van der Waals surface area (Å²) in [4.78, 5) is 27.1. The average molecular weight is 364 g/mol. The van der Waals surface area contributed by atoms with Gasteiger partial charge >= 0.3 is 5.69 Å². The number of phosphoric ester groups is 1. The number of hydrogen-bond donors (Lipinski definition) is 2. The van der Waals surface area contributed by atoms with Crippen LogP contribution in [0.15, 0.2) is 11.0 Å². The third-order valence-electron chi connectivity index (χ3n) is 3.54. The fourth-order valence-corrected chi connectivity index (χ4v) is 2.99. The first kappa shape index (κ1) is 19.0. The number of aromatic nitrogens is 2. The third kappa shape index (κ3) is 4.19. The van der Waals surface area contributed by atoms with Crippen LogP contribution in [-0.2, 0) is 29.7 Å². The summed E-state index contributed by atoms with van der Waals surface area (Å²) in [5.74, 6) is -0.0820. The molecule has 11 nitrogen and oxygen atoms in total. The molecule has 1 aromatic heterocycles. The van der Waals surface area contributed by atoms with E-state index in [9.17, 15) is 19.4 Å². The van der Waals surface area contributed by atoms with Crippen molar-refractivity contribution in [3.63, 3.8) is 0 Å². The molecule has 0 aliphatic carbocycles. The monoisotopic (exact) mass is 364 g/mol. The molecule has 1 aromatic rings. The summed E-state index contributed by atoms with van der Waals surface area (Å²) >= 11 is 0. The molecule has 4 atom stereocenters.